The molecule has 0 unspecified atom stereocenters. The zero-order valence-corrected chi connectivity index (χ0v) is 16.9. The number of hydrogen-bond donors (Lipinski definition) is 1. The second-order valence-corrected chi connectivity index (χ2v) is 7.13. The van der Waals surface area contributed by atoms with Crippen molar-refractivity contribution in [1.82, 2.24) is 0 Å². The van der Waals surface area contributed by atoms with Crippen molar-refractivity contribution in [2.24, 2.45) is 0 Å². The zero-order valence-electron chi connectivity index (χ0n) is 14.6. The van der Waals surface area contributed by atoms with Crippen molar-refractivity contribution in [3.05, 3.63) is 86.9 Å². The van der Waals surface area contributed by atoms with Gasteiger partial charge >= 0.3 is 0 Å². The summed E-state index contributed by atoms with van der Waals surface area (Å²) in [6.07, 6.45) is 0. The SMILES string of the molecule is COc1cc(CNc2ccc(Cl)cc2)ccc1OCc1ccc(Cl)c(Cl)c1. The van der Waals surface area contributed by atoms with Crippen LogP contribution in [0.15, 0.2) is 60.7 Å². The molecular formula is C21H18Cl3NO2. The molecule has 0 aliphatic carbocycles. The number of hydrogen-bond acceptors (Lipinski definition) is 3. The molecule has 6 heteroatoms. The smallest absolute Gasteiger partial charge is 0.161 e. The largest absolute Gasteiger partial charge is 0.493 e. The summed E-state index contributed by atoms with van der Waals surface area (Å²) in [6.45, 7) is 1.03. The molecule has 3 nitrogen and oxygen atoms in total. The van der Waals surface area contributed by atoms with E-state index in [0.29, 0.717) is 39.7 Å². The number of halogens is 3. The minimum absolute atomic E-state index is 0.371. The average molecular weight is 423 g/mol. The predicted molar refractivity (Wildman–Crippen MR) is 113 cm³/mol. The summed E-state index contributed by atoms with van der Waals surface area (Å²) in [5, 5.41) is 5.09. The van der Waals surface area contributed by atoms with Crippen LogP contribution in [0.25, 0.3) is 0 Å². The summed E-state index contributed by atoms with van der Waals surface area (Å²) in [5.74, 6) is 1.34. The van der Waals surface area contributed by atoms with E-state index in [1.807, 2.05) is 48.5 Å². The first-order valence-corrected chi connectivity index (χ1v) is 9.41. The van der Waals surface area contributed by atoms with E-state index in [9.17, 15) is 0 Å². The van der Waals surface area contributed by atoms with Crippen LogP contribution < -0.4 is 14.8 Å². The van der Waals surface area contributed by atoms with Crippen molar-refractivity contribution in [3.63, 3.8) is 0 Å². The summed E-state index contributed by atoms with van der Waals surface area (Å²) in [6, 6.07) is 18.9. The standard InChI is InChI=1S/C21H18Cl3NO2/c1-26-21-11-14(12-25-17-6-4-16(22)5-7-17)3-9-20(21)27-13-15-2-8-18(23)19(24)10-15/h2-11,25H,12-13H2,1H3. The molecule has 0 atom stereocenters. The molecule has 0 saturated heterocycles. The lowest BCUT2D eigenvalue weighted by molar-refractivity contribution is 0.284. The maximum atomic E-state index is 6.04. The molecule has 0 spiro atoms. The molecule has 1 N–H and O–H groups in total. The Kier molecular flexibility index (Phi) is 6.73. The Morgan fingerprint density at radius 3 is 2.22 bits per heavy atom. The Morgan fingerprint density at radius 2 is 1.52 bits per heavy atom. The molecule has 0 radical (unpaired) electrons. The molecule has 0 fully saturated rings. The summed E-state index contributed by atoms with van der Waals surface area (Å²) in [7, 11) is 1.62. The van der Waals surface area contributed by atoms with E-state index in [4.69, 9.17) is 44.3 Å². The second-order valence-electron chi connectivity index (χ2n) is 5.88. The monoisotopic (exact) mass is 421 g/mol. The third-order valence-electron chi connectivity index (χ3n) is 3.95. The van der Waals surface area contributed by atoms with E-state index in [-0.39, 0.29) is 0 Å². The zero-order chi connectivity index (χ0) is 19.2. The van der Waals surface area contributed by atoms with Crippen LogP contribution in [-0.2, 0) is 13.2 Å². The minimum Gasteiger partial charge on any atom is -0.493 e. The molecule has 0 saturated carbocycles. The van der Waals surface area contributed by atoms with Crippen molar-refractivity contribution in [2.45, 2.75) is 13.2 Å². The first-order chi connectivity index (χ1) is 13.0. The predicted octanol–water partition coefficient (Wildman–Crippen LogP) is 6.85. The number of methoxy groups -OCH3 is 1. The molecule has 3 rings (SSSR count). The highest BCUT2D eigenvalue weighted by molar-refractivity contribution is 6.42. The van der Waals surface area contributed by atoms with Crippen molar-refractivity contribution >= 4 is 40.5 Å². The van der Waals surface area contributed by atoms with E-state index in [2.05, 4.69) is 5.32 Å². The van der Waals surface area contributed by atoms with E-state index in [1.54, 1.807) is 19.2 Å². The van der Waals surface area contributed by atoms with Gasteiger partial charge in [0.05, 0.1) is 17.2 Å². The Balaban J connectivity index is 1.64. The normalized spacial score (nSPS) is 10.5. The Bertz CT molecular complexity index is 914. The van der Waals surface area contributed by atoms with Gasteiger partial charge in [0.25, 0.3) is 0 Å². The molecule has 27 heavy (non-hydrogen) atoms. The number of rotatable bonds is 7. The second kappa shape index (κ2) is 9.23. The van der Waals surface area contributed by atoms with E-state index < -0.39 is 0 Å². The van der Waals surface area contributed by atoms with Crippen molar-refractivity contribution < 1.29 is 9.47 Å². The Labute approximate surface area is 173 Å². The van der Waals surface area contributed by atoms with Crippen LogP contribution in [0.4, 0.5) is 5.69 Å². The third-order valence-corrected chi connectivity index (χ3v) is 4.94. The highest BCUT2D eigenvalue weighted by Crippen LogP contribution is 2.30. The molecule has 0 aromatic heterocycles. The average Bonchev–Trinajstić information content (AvgIpc) is 2.68. The summed E-state index contributed by atoms with van der Waals surface area (Å²) >= 11 is 17.9. The van der Waals surface area contributed by atoms with E-state index >= 15 is 0 Å². The van der Waals surface area contributed by atoms with Crippen LogP contribution in [0.1, 0.15) is 11.1 Å². The van der Waals surface area contributed by atoms with E-state index in [1.165, 1.54) is 0 Å². The van der Waals surface area contributed by atoms with Crippen LogP contribution in [-0.4, -0.2) is 7.11 Å². The maximum Gasteiger partial charge on any atom is 0.161 e. The molecular weight excluding hydrogens is 405 g/mol. The van der Waals surface area contributed by atoms with Crippen molar-refractivity contribution in [3.8, 4) is 11.5 Å². The van der Waals surface area contributed by atoms with Crippen LogP contribution in [0.5, 0.6) is 11.5 Å². The highest BCUT2D eigenvalue weighted by Gasteiger charge is 2.07. The molecule has 3 aromatic rings. The lowest BCUT2D eigenvalue weighted by Gasteiger charge is -2.13. The van der Waals surface area contributed by atoms with Crippen LogP contribution in [0.2, 0.25) is 15.1 Å². The van der Waals surface area contributed by atoms with Crippen molar-refractivity contribution in [2.75, 3.05) is 12.4 Å². The van der Waals surface area contributed by atoms with Gasteiger partial charge in [0.1, 0.15) is 6.61 Å². The molecule has 3 aromatic carbocycles. The van der Waals surface area contributed by atoms with Gasteiger partial charge in [-0.1, -0.05) is 46.9 Å². The summed E-state index contributed by atoms with van der Waals surface area (Å²) < 4.78 is 11.3. The van der Waals surface area contributed by atoms with Gasteiger partial charge in [-0.2, -0.15) is 0 Å². The molecule has 0 bridgehead atoms. The molecule has 0 aliphatic rings. The third kappa shape index (κ3) is 5.46. The minimum atomic E-state index is 0.371. The number of ether oxygens (including phenoxy) is 2. The number of benzene rings is 3. The van der Waals surface area contributed by atoms with Gasteiger partial charge < -0.3 is 14.8 Å². The fourth-order valence-electron chi connectivity index (χ4n) is 2.50. The molecule has 0 amide bonds. The van der Waals surface area contributed by atoms with Gasteiger partial charge in [0, 0.05) is 17.3 Å². The first kappa shape index (κ1) is 19.7. The summed E-state index contributed by atoms with van der Waals surface area (Å²) in [4.78, 5) is 0. The van der Waals surface area contributed by atoms with Gasteiger partial charge in [-0.3, -0.25) is 0 Å². The fraction of sp³-hybridized carbons (Fsp3) is 0.143. The van der Waals surface area contributed by atoms with Gasteiger partial charge in [0.15, 0.2) is 11.5 Å². The lowest BCUT2D eigenvalue weighted by atomic mass is 10.2. The Morgan fingerprint density at radius 1 is 0.778 bits per heavy atom. The van der Waals surface area contributed by atoms with Gasteiger partial charge in [-0.15, -0.1) is 0 Å². The molecule has 140 valence electrons. The van der Waals surface area contributed by atoms with E-state index in [0.717, 1.165) is 16.8 Å². The Hall–Kier alpha value is -2.07. The quantitative estimate of drug-likeness (QED) is 0.452. The lowest BCUT2D eigenvalue weighted by Crippen LogP contribution is -2.02. The van der Waals surface area contributed by atoms with Crippen LogP contribution >= 0.6 is 34.8 Å². The summed E-state index contributed by atoms with van der Waals surface area (Å²) in [5.41, 5.74) is 3.00. The number of nitrogens with one attached hydrogen (secondary N) is 1. The number of anilines is 1. The van der Waals surface area contributed by atoms with Gasteiger partial charge in [0.2, 0.25) is 0 Å². The van der Waals surface area contributed by atoms with Crippen molar-refractivity contribution in [1.29, 1.82) is 0 Å². The fourth-order valence-corrected chi connectivity index (χ4v) is 2.95. The molecule has 0 heterocycles. The van der Waals surface area contributed by atoms with Crippen LogP contribution in [0, 0.1) is 0 Å². The van der Waals surface area contributed by atoms with Gasteiger partial charge in [-0.05, 0) is 59.7 Å². The topological polar surface area (TPSA) is 30.5 Å². The maximum absolute atomic E-state index is 6.04. The first-order valence-electron chi connectivity index (χ1n) is 8.28. The highest BCUT2D eigenvalue weighted by atomic mass is 35.5. The van der Waals surface area contributed by atoms with Crippen LogP contribution in [0.3, 0.4) is 0 Å². The molecule has 0 aliphatic heterocycles. The van der Waals surface area contributed by atoms with Gasteiger partial charge in [-0.25, -0.2) is 0 Å².